The van der Waals surface area contributed by atoms with Gasteiger partial charge in [-0.2, -0.15) is 13.2 Å². The maximum Gasteiger partial charge on any atom is 0.416 e. The molecule has 0 saturated heterocycles. The molecule has 1 aliphatic carbocycles. The summed E-state index contributed by atoms with van der Waals surface area (Å²) in [5, 5.41) is 1.94. The van der Waals surface area contributed by atoms with Crippen molar-refractivity contribution in [2.24, 2.45) is 14.1 Å². The fourth-order valence-corrected chi connectivity index (χ4v) is 6.42. The molecule has 1 N–H and O–H groups in total. The average Bonchev–Trinajstić information content (AvgIpc) is 3.02. The van der Waals surface area contributed by atoms with Crippen molar-refractivity contribution < 1.29 is 26.4 Å². The lowest BCUT2D eigenvalue weighted by Crippen LogP contribution is -2.25. The molecule has 0 bridgehead atoms. The SMILES string of the molecule is Cn1c(=O)n(C)c2cc(S(=O)(=O)C3CCCCC3)c(NC(=O)c3ccc(C(F)(F)F)cc3)cc21. The van der Waals surface area contributed by atoms with Gasteiger partial charge in [-0.25, -0.2) is 13.2 Å². The number of fused-ring (bicyclic) bond motifs is 1. The van der Waals surface area contributed by atoms with E-state index in [4.69, 9.17) is 0 Å². The van der Waals surface area contributed by atoms with E-state index in [1.54, 1.807) is 0 Å². The lowest BCUT2D eigenvalue weighted by atomic mass is 10.0. The van der Waals surface area contributed by atoms with Gasteiger partial charge in [0.05, 0.1) is 32.4 Å². The van der Waals surface area contributed by atoms with E-state index >= 15 is 0 Å². The molecule has 3 aromatic rings. The van der Waals surface area contributed by atoms with Crippen LogP contribution in [0, 0.1) is 0 Å². The number of hydrogen-bond acceptors (Lipinski definition) is 4. The number of nitrogens with zero attached hydrogens (tertiary/aromatic N) is 2. The summed E-state index contributed by atoms with van der Waals surface area (Å²) in [6.07, 6.45) is -1.03. The molecule has 0 radical (unpaired) electrons. The molecule has 4 rings (SSSR count). The van der Waals surface area contributed by atoms with Crippen molar-refractivity contribution in [1.82, 2.24) is 9.13 Å². The molecule has 0 spiro atoms. The second-order valence-electron chi connectivity index (χ2n) is 8.57. The minimum absolute atomic E-state index is 0.0100. The van der Waals surface area contributed by atoms with E-state index in [2.05, 4.69) is 5.32 Å². The fourth-order valence-electron chi connectivity index (χ4n) is 4.42. The largest absolute Gasteiger partial charge is 0.416 e. The van der Waals surface area contributed by atoms with Crippen LogP contribution in [-0.2, 0) is 30.1 Å². The van der Waals surface area contributed by atoms with Gasteiger partial charge in [0, 0.05) is 19.7 Å². The van der Waals surface area contributed by atoms with Crippen molar-refractivity contribution in [2.75, 3.05) is 5.32 Å². The van der Waals surface area contributed by atoms with E-state index < -0.39 is 32.7 Å². The van der Waals surface area contributed by atoms with Crippen LogP contribution in [0.15, 0.2) is 46.1 Å². The van der Waals surface area contributed by atoms with Crippen molar-refractivity contribution in [3.63, 3.8) is 0 Å². The summed E-state index contributed by atoms with van der Waals surface area (Å²) in [6.45, 7) is 0. The minimum atomic E-state index is -4.54. The van der Waals surface area contributed by atoms with Crippen LogP contribution in [0.25, 0.3) is 11.0 Å². The molecular weight excluding hydrogens is 471 g/mol. The van der Waals surface area contributed by atoms with Gasteiger partial charge < -0.3 is 5.32 Å². The number of imidazole rings is 1. The maximum atomic E-state index is 13.6. The van der Waals surface area contributed by atoms with E-state index in [-0.39, 0.29) is 21.8 Å². The standard InChI is InChI=1S/C23H24F3N3O4S/c1-28-18-12-17(27-21(30)14-8-10-15(11-9-14)23(24,25)26)20(13-19(18)29(2)22(28)31)34(32,33)16-6-4-3-5-7-16/h8-13,16H,3-7H2,1-2H3,(H,27,30). The molecule has 0 unspecified atom stereocenters. The molecule has 2 aromatic carbocycles. The third kappa shape index (κ3) is 4.24. The number of anilines is 1. The van der Waals surface area contributed by atoms with Crippen LogP contribution < -0.4 is 11.0 Å². The molecule has 1 fully saturated rings. The summed E-state index contributed by atoms with van der Waals surface area (Å²) in [4.78, 5) is 25.2. The lowest BCUT2D eigenvalue weighted by molar-refractivity contribution is -0.137. The summed E-state index contributed by atoms with van der Waals surface area (Å²) in [5.74, 6) is -0.755. The lowest BCUT2D eigenvalue weighted by Gasteiger charge is -2.23. The Labute approximate surface area is 194 Å². The van der Waals surface area contributed by atoms with Gasteiger partial charge in [-0.3, -0.25) is 13.9 Å². The molecule has 1 aromatic heterocycles. The molecule has 1 aliphatic rings. The molecule has 1 heterocycles. The van der Waals surface area contributed by atoms with E-state index in [9.17, 15) is 31.2 Å². The van der Waals surface area contributed by atoms with E-state index in [1.165, 1.54) is 35.4 Å². The van der Waals surface area contributed by atoms with Gasteiger partial charge in [0.2, 0.25) is 0 Å². The van der Waals surface area contributed by atoms with Crippen LogP contribution in [0.1, 0.15) is 48.0 Å². The average molecular weight is 496 g/mol. The van der Waals surface area contributed by atoms with Gasteiger partial charge in [-0.05, 0) is 49.2 Å². The van der Waals surface area contributed by atoms with Crippen molar-refractivity contribution in [3.8, 4) is 0 Å². The van der Waals surface area contributed by atoms with E-state index in [0.29, 0.717) is 23.9 Å². The normalized spacial score (nSPS) is 15.6. The molecule has 0 atom stereocenters. The number of amides is 1. The molecule has 1 amide bonds. The van der Waals surface area contributed by atoms with Gasteiger partial charge in [0.15, 0.2) is 9.84 Å². The number of hydrogen-bond donors (Lipinski definition) is 1. The fraction of sp³-hybridized carbons (Fsp3) is 0.391. The Bertz CT molecular complexity index is 1410. The number of nitrogens with one attached hydrogen (secondary N) is 1. The highest BCUT2D eigenvalue weighted by Crippen LogP contribution is 2.35. The highest BCUT2D eigenvalue weighted by Gasteiger charge is 2.33. The number of aryl methyl sites for hydroxylation is 2. The summed E-state index contributed by atoms with van der Waals surface area (Å²) in [6, 6.07) is 6.46. The third-order valence-corrected chi connectivity index (χ3v) is 8.69. The molecule has 182 valence electrons. The predicted molar refractivity (Wildman–Crippen MR) is 122 cm³/mol. The Hall–Kier alpha value is -3.08. The molecule has 1 saturated carbocycles. The number of benzene rings is 2. The molecule has 7 nitrogen and oxygen atoms in total. The smallest absolute Gasteiger partial charge is 0.321 e. The zero-order chi connectivity index (χ0) is 24.8. The molecule has 0 aliphatic heterocycles. The number of halogens is 3. The first-order valence-electron chi connectivity index (χ1n) is 10.8. The maximum absolute atomic E-state index is 13.6. The quantitative estimate of drug-likeness (QED) is 0.586. The predicted octanol–water partition coefficient (Wildman–Crippen LogP) is 4.25. The number of sulfone groups is 1. The van der Waals surface area contributed by atoms with Crippen molar-refractivity contribution in [3.05, 3.63) is 58.0 Å². The van der Waals surface area contributed by atoms with Gasteiger partial charge in [0.1, 0.15) is 0 Å². The van der Waals surface area contributed by atoms with Crippen LogP contribution in [0.3, 0.4) is 0 Å². The van der Waals surface area contributed by atoms with Crippen LogP contribution in [0.2, 0.25) is 0 Å². The third-order valence-electron chi connectivity index (χ3n) is 6.39. The summed E-state index contributed by atoms with van der Waals surface area (Å²) in [7, 11) is -0.787. The summed E-state index contributed by atoms with van der Waals surface area (Å²) in [5.41, 5.74) is -0.514. The first-order chi connectivity index (χ1) is 15.9. The van der Waals surface area contributed by atoms with Crippen molar-refractivity contribution >= 4 is 32.5 Å². The van der Waals surface area contributed by atoms with Gasteiger partial charge >= 0.3 is 11.9 Å². The molecule has 34 heavy (non-hydrogen) atoms. The van der Waals surface area contributed by atoms with Gasteiger partial charge in [0.25, 0.3) is 5.91 Å². The number of aromatic nitrogens is 2. The zero-order valence-electron chi connectivity index (χ0n) is 18.6. The van der Waals surface area contributed by atoms with Gasteiger partial charge in [-0.1, -0.05) is 19.3 Å². The Morgan fingerprint density at radius 1 is 0.971 bits per heavy atom. The highest BCUT2D eigenvalue weighted by molar-refractivity contribution is 7.92. The summed E-state index contributed by atoms with van der Waals surface area (Å²) >= 11 is 0. The summed E-state index contributed by atoms with van der Waals surface area (Å²) < 4.78 is 68.3. The van der Waals surface area contributed by atoms with Crippen LogP contribution in [0.5, 0.6) is 0 Å². The Kier molecular flexibility index (Phi) is 6.09. The second kappa shape index (κ2) is 8.61. The van der Waals surface area contributed by atoms with Crippen LogP contribution >= 0.6 is 0 Å². The Balaban J connectivity index is 1.80. The number of rotatable bonds is 4. The number of carbonyl (C=O) groups excluding carboxylic acids is 1. The monoisotopic (exact) mass is 495 g/mol. The minimum Gasteiger partial charge on any atom is -0.321 e. The molecular formula is C23H24F3N3O4S. The van der Waals surface area contributed by atoms with Crippen molar-refractivity contribution in [2.45, 2.75) is 48.4 Å². The number of carbonyl (C=O) groups is 1. The molecule has 11 heteroatoms. The first-order valence-corrected chi connectivity index (χ1v) is 12.4. The number of alkyl halides is 3. The highest BCUT2D eigenvalue weighted by atomic mass is 32.2. The van der Waals surface area contributed by atoms with Crippen LogP contribution in [0.4, 0.5) is 18.9 Å². The van der Waals surface area contributed by atoms with Gasteiger partial charge in [-0.15, -0.1) is 0 Å². The Morgan fingerprint density at radius 2 is 1.53 bits per heavy atom. The first kappa shape index (κ1) is 24.1. The Morgan fingerprint density at radius 3 is 2.09 bits per heavy atom. The zero-order valence-corrected chi connectivity index (χ0v) is 19.5. The van der Waals surface area contributed by atoms with Crippen LogP contribution in [-0.4, -0.2) is 28.7 Å². The topological polar surface area (TPSA) is 90.2 Å². The van der Waals surface area contributed by atoms with E-state index in [1.807, 2.05) is 0 Å². The van der Waals surface area contributed by atoms with E-state index in [0.717, 1.165) is 43.5 Å². The second-order valence-corrected chi connectivity index (χ2v) is 10.8. The van der Waals surface area contributed by atoms with Crippen molar-refractivity contribution in [1.29, 1.82) is 0 Å².